The van der Waals surface area contributed by atoms with Crippen LogP contribution in [0, 0.1) is 11.8 Å². The van der Waals surface area contributed by atoms with E-state index in [4.69, 9.17) is 4.74 Å². The Morgan fingerprint density at radius 1 is 1.32 bits per heavy atom. The lowest BCUT2D eigenvalue weighted by molar-refractivity contribution is -0.151. The van der Waals surface area contributed by atoms with Crippen molar-refractivity contribution in [2.24, 2.45) is 11.8 Å². The van der Waals surface area contributed by atoms with E-state index in [0.717, 1.165) is 51.2 Å². The molecule has 0 aromatic heterocycles. The van der Waals surface area contributed by atoms with Gasteiger partial charge >= 0.3 is 0 Å². The maximum absolute atomic E-state index is 12.8. The van der Waals surface area contributed by atoms with Crippen LogP contribution in [-0.4, -0.2) is 49.7 Å². The van der Waals surface area contributed by atoms with Gasteiger partial charge in [0.05, 0.1) is 6.10 Å². The van der Waals surface area contributed by atoms with E-state index in [-0.39, 0.29) is 18.1 Å². The van der Waals surface area contributed by atoms with Crippen LogP contribution in [0.5, 0.6) is 0 Å². The van der Waals surface area contributed by atoms with Gasteiger partial charge in [0.15, 0.2) is 0 Å². The van der Waals surface area contributed by atoms with Crippen molar-refractivity contribution in [2.75, 3.05) is 26.7 Å². The number of hydrogen-bond donors (Lipinski definition) is 1. The molecular weight excluding hydrogens is 276 g/mol. The van der Waals surface area contributed by atoms with Crippen molar-refractivity contribution in [3.05, 3.63) is 0 Å². The molecule has 128 valence electrons. The van der Waals surface area contributed by atoms with E-state index in [0.29, 0.717) is 5.92 Å². The fourth-order valence-electron chi connectivity index (χ4n) is 3.99. The van der Waals surface area contributed by atoms with E-state index in [1.165, 1.54) is 19.3 Å². The number of piperidine rings is 1. The molecule has 22 heavy (non-hydrogen) atoms. The lowest BCUT2D eigenvalue weighted by Crippen LogP contribution is -2.48. The number of amides is 1. The van der Waals surface area contributed by atoms with E-state index >= 15 is 0 Å². The number of nitrogens with one attached hydrogen (secondary N) is 1. The van der Waals surface area contributed by atoms with E-state index in [1.54, 1.807) is 0 Å². The van der Waals surface area contributed by atoms with E-state index in [2.05, 4.69) is 19.2 Å². The lowest BCUT2D eigenvalue weighted by Gasteiger charge is -2.36. The maximum Gasteiger partial charge on any atom is 0.251 e. The monoisotopic (exact) mass is 310 g/mol. The summed E-state index contributed by atoms with van der Waals surface area (Å²) in [5.41, 5.74) is 0. The highest BCUT2D eigenvalue weighted by Crippen LogP contribution is 2.27. The second-order valence-electron chi connectivity index (χ2n) is 7.28. The fourth-order valence-corrected chi connectivity index (χ4v) is 3.99. The van der Waals surface area contributed by atoms with Crippen LogP contribution in [0.4, 0.5) is 0 Å². The van der Waals surface area contributed by atoms with Gasteiger partial charge in [-0.05, 0) is 57.5 Å². The average Bonchev–Trinajstić information content (AvgIpc) is 2.52. The van der Waals surface area contributed by atoms with Crippen LogP contribution in [-0.2, 0) is 9.53 Å². The summed E-state index contributed by atoms with van der Waals surface area (Å²) in [6, 6.07) is 0. The molecule has 2 fully saturated rings. The van der Waals surface area contributed by atoms with Gasteiger partial charge in [-0.15, -0.1) is 0 Å². The van der Waals surface area contributed by atoms with Gasteiger partial charge in [-0.25, -0.2) is 0 Å². The number of likely N-dealkylation sites (tertiary alicyclic amines) is 1. The molecule has 0 aromatic carbocycles. The van der Waals surface area contributed by atoms with Gasteiger partial charge in [0.2, 0.25) is 0 Å². The van der Waals surface area contributed by atoms with E-state index in [9.17, 15) is 4.79 Å². The van der Waals surface area contributed by atoms with Gasteiger partial charge in [-0.1, -0.05) is 26.7 Å². The third-order valence-corrected chi connectivity index (χ3v) is 5.21. The molecule has 4 heteroatoms. The third-order valence-electron chi connectivity index (χ3n) is 5.21. The molecule has 1 amide bonds. The summed E-state index contributed by atoms with van der Waals surface area (Å²) < 4.78 is 6.21. The molecule has 1 saturated carbocycles. The van der Waals surface area contributed by atoms with Gasteiger partial charge in [0.1, 0.15) is 6.10 Å². The Bertz CT molecular complexity index is 346. The molecular formula is C18H34N2O2. The Morgan fingerprint density at radius 2 is 2.14 bits per heavy atom. The van der Waals surface area contributed by atoms with Crippen LogP contribution in [0.15, 0.2) is 0 Å². The highest BCUT2D eigenvalue weighted by atomic mass is 16.5. The fraction of sp³-hybridized carbons (Fsp3) is 0.944. The largest absolute Gasteiger partial charge is 0.365 e. The van der Waals surface area contributed by atoms with Crippen LogP contribution in [0.3, 0.4) is 0 Å². The van der Waals surface area contributed by atoms with E-state index in [1.807, 2.05) is 11.9 Å². The smallest absolute Gasteiger partial charge is 0.251 e. The van der Waals surface area contributed by atoms with Gasteiger partial charge in [-0.3, -0.25) is 4.79 Å². The summed E-state index contributed by atoms with van der Waals surface area (Å²) in [4.78, 5) is 14.9. The third kappa shape index (κ3) is 4.95. The minimum Gasteiger partial charge on any atom is -0.365 e. The summed E-state index contributed by atoms with van der Waals surface area (Å²) in [6.07, 6.45) is 7.98. The molecule has 1 heterocycles. The summed E-state index contributed by atoms with van der Waals surface area (Å²) >= 11 is 0. The maximum atomic E-state index is 12.8. The van der Waals surface area contributed by atoms with Crippen molar-refractivity contribution in [1.82, 2.24) is 10.2 Å². The normalized spacial score (nSPS) is 31.0. The second kappa shape index (κ2) is 8.88. The Balaban J connectivity index is 1.87. The van der Waals surface area contributed by atoms with Crippen LogP contribution in [0.25, 0.3) is 0 Å². The molecule has 1 aliphatic carbocycles. The minimum atomic E-state index is -0.233. The topological polar surface area (TPSA) is 41.6 Å². The Kier molecular flexibility index (Phi) is 7.16. The first-order chi connectivity index (χ1) is 10.6. The molecule has 4 unspecified atom stereocenters. The average molecular weight is 310 g/mol. The van der Waals surface area contributed by atoms with Crippen LogP contribution in [0.1, 0.15) is 58.8 Å². The van der Waals surface area contributed by atoms with Gasteiger partial charge in [0, 0.05) is 13.1 Å². The number of carbonyl (C=O) groups is 1. The predicted molar refractivity (Wildman–Crippen MR) is 89.8 cm³/mol. The zero-order valence-corrected chi connectivity index (χ0v) is 14.6. The summed E-state index contributed by atoms with van der Waals surface area (Å²) in [6.45, 7) is 7.16. The Hall–Kier alpha value is -0.610. The van der Waals surface area contributed by atoms with Crippen LogP contribution in [0.2, 0.25) is 0 Å². The van der Waals surface area contributed by atoms with E-state index < -0.39 is 0 Å². The SMILES string of the molecule is CCC(OC1CCCC(C)C1)C(=O)N1CCCC(CNC)C1. The predicted octanol–water partition coefficient (Wildman–Crippen LogP) is 2.82. The lowest BCUT2D eigenvalue weighted by atomic mass is 9.88. The first-order valence-corrected chi connectivity index (χ1v) is 9.22. The molecule has 0 aromatic rings. The molecule has 1 aliphatic heterocycles. The molecule has 0 bridgehead atoms. The van der Waals surface area contributed by atoms with Crippen molar-refractivity contribution in [3.63, 3.8) is 0 Å². The molecule has 1 N–H and O–H groups in total. The number of carbonyl (C=O) groups excluding carboxylic acids is 1. The highest BCUT2D eigenvalue weighted by molar-refractivity contribution is 5.81. The molecule has 0 spiro atoms. The van der Waals surface area contributed by atoms with Gasteiger partial charge in [0.25, 0.3) is 5.91 Å². The van der Waals surface area contributed by atoms with Crippen molar-refractivity contribution < 1.29 is 9.53 Å². The zero-order chi connectivity index (χ0) is 15.9. The first kappa shape index (κ1) is 17.7. The van der Waals surface area contributed by atoms with Gasteiger partial charge < -0.3 is 15.0 Å². The second-order valence-corrected chi connectivity index (χ2v) is 7.28. The van der Waals surface area contributed by atoms with Crippen molar-refractivity contribution in [2.45, 2.75) is 71.0 Å². The number of hydrogen-bond acceptors (Lipinski definition) is 3. The molecule has 2 aliphatic rings. The van der Waals surface area contributed by atoms with Gasteiger partial charge in [-0.2, -0.15) is 0 Å². The number of ether oxygens (including phenoxy) is 1. The van der Waals surface area contributed by atoms with Crippen LogP contribution < -0.4 is 5.32 Å². The zero-order valence-electron chi connectivity index (χ0n) is 14.6. The summed E-state index contributed by atoms with van der Waals surface area (Å²) in [7, 11) is 1.99. The minimum absolute atomic E-state index is 0.224. The van der Waals surface area contributed by atoms with Crippen molar-refractivity contribution in [1.29, 1.82) is 0 Å². The highest BCUT2D eigenvalue weighted by Gasteiger charge is 2.31. The standard InChI is InChI=1S/C18H34N2O2/c1-4-17(22-16-9-5-7-14(2)11-16)18(21)20-10-6-8-15(13-20)12-19-3/h14-17,19H,4-13H2,1-3H3. The quantitative estimate of drug-likeness (QED) is 0.820. The molecule has 1 saturated heterocycles. The van der Waals surface area contributed by atoms with Crippen molar-refractivity contribution >= 4 is 5.91 Å². The Labute approximate surface area is 136 Å². The molecule has 0 radical (unpaired) electrons. The Morgan fingerprint density at radius 3 is 2.82 bits per heavy atom. The summed E-state index contributed by atoms with van der Waals surface area (Å²) in [5, 5.41) is 3.24. The number of nitrogens with zero attached hydrogens (tertiary/aromatic N) is 1. The molecule has 2 rings (SSSR count). The van der Waals surface area contributed by atoms with Crippen LogP contribution >= 0.6 is 0 Å². The molecule has 4 nitrogen and oxygen atoms in total. The summed E-state index contributed by atoms with van der Waals surface area (Å²) in [5.74, 6) is 1.55. The number of rotatable bonds is 6. The first-order valence-electron chi connectivity index (χ1n) is 9.22. The van der Waals surface area contributed by atoms with Crippen molar-refractivity contribution in [3.8, 4) is 0 Å². The molecule has 4 atom stereocenters.